The minimum Gasteiger partial charge on any atom is -0.351 e. The van der Waals surface area contributed by atoms with Gasteiger partial charge < -0.3 is 15.5 Å². The molecule has 0 aliphatic carbocycles. The number of anilines is 1. The smallest absolute Gasteiger partial charge is 0.282 e. The van der Waals surface area contributed by atoms with Crippen LogP contribution in [0.2, 0.25) is 10.0 Å². The summed E-state index contributed by atoms with van der Waals surface area (Å²) in [5.41, 5.74) is 0.539. The van der Waals surface area contributed by atoms with Crippen LogP contribution in [0.3, 0.4) is 0 Å². The van der Waals surface area contributed by atoms with E-state index in [9.17, 15) is 9.59 Å². The number of hydrogen-bond donors (Lipinski definition) is 3. The van der Waals surface area contributed by atoms with Crippen LogP contribution in [0.15, 0.2) is 18.2 Å². The monoisotopic (exact) mass is 346 g/mol. The number of nitrogens with one attached hydrogen (secondary N) is 3. The molecule has 0 aliphatic heterocycles. The van der Waals surface area contributed by atoms with Gasteiger partial charge in [-0.3, -0.25) is 9.59 Å². The van der Waals surface area contributed by atoms with E-state index in [2.05, 4.69) is 10.6 Å². The van der Waals surface area contributed by atoms with E-state index in [4.69, 9.17) is 23.2 Å². The molecule has 0 bridgehead atoms. The molecular formula is C15H22Cl2N3O2+. The van der Waals surface area contributed by atoms with Gasteiger partial charge in [-0.1, -0.05) is 30.1 Å². The molecule has 2 amide bonds. The number of rotatable bonds is 7. The number of amides is 2. The van der Waals surface area contributed by atoms with Gasteiger partial charge in [-0.2, -0.15) is 0 Å². The molecule has 0 fully saturated rings. The van der Waals surface area contributed by atoms with Crippen molar-refractivity contribution in [2.45, 2.75) is 26.3 Å². The number of carbonyl (C=O) groups excluding carboxylic acids is 2. The zero-order valence-electron chi connectivity index (χ0n) is 13.0. The maximum absolute atomic E-state index is 12.2. The highest BCUT2D eigenvalue weighted by molar-refractivity contribution is 6.35. The number of likely N-dealkylation sites (N-methyl/N-ethyl adjacent to an activating group) is 1. The Hall–Kier alpha value is -1.30. The van der Waals surface area contributed by atoms with E-state index < -0.39 is 0 Å². The van der Waals surface area contributed by atoms with Crippen molar-refractivity contribution >= 4 is 40.7 Å². The highest BCUT2D eigenvalue weighted by Gasteiger charge is 2.23. The molecule has 0 aromatic heterocycles. The van der Waals surface area contributed by atoms with Crippen molar-refractivity contribution in [2.24, 2.45) is 0 Å². The molecular weight excluding hydrogens is 325 g/mol. The standard InChI is InChI=1S/C15H21Cl2N3O2/c1-4-5-18-14(21)9-20(3)10(2)15(22)19-13-7-11(16)6-12(17)8-13/h6-8,10H,4-5,9H2,1-3H3,(H,18,21)(H,19,22)/p+1/t10-/m0/s1. The van der Waals surface area contributed by atoms with E-state index in [1.165, 1.54) is 0 Å². The molecule has 0 spiro atoms. The first-order chi connectivity index (χ1) is 10.3. The molecule has 1 unspecified atom stereocenters. The average Bonchev–Trinajstić information content (AvgIpc) is 2.42. The van der Waals surface area contributed by atoms with Crippen LogP contribution < -0.4 is 15.5 Å². The van der Waals surface area contributed by atoms with Crippen molar-refractivity contribution in [1.29, 1.82) is 0 Å². The van der Waals surface area contributed by atoms with Crippen molar-refractivity contribution in [3.05, 3.63) is 28.2 Å². The van der Waals surface area contributed by atoms with Crippen LogP contribution in [0, 0.1) is 0 Å². The third-order valence-corrected chi connectivity index (χ3v) is 3.71. The van der Waals surface area contributed by atoms with Gasteiger partial charge in [0.25, 0.3) is 11.8 Å². The molecule has 0 radical (unpaired) electrons. The van der Waals surface area contributed by atoms with E-state index in [-0.39, 0.29) is 24.4 Å². The van der Waals surface area contributed by atoms with Gasteiger partial charge in [-0.25, -0.2) is 0 Å². The topological polar surface area (TPSA) is 62.6 Å². The Morgan fingerprint density at radius 1 is 1.23 bits per heavy atom. The molecule has 1 aromatic carbocycles. The van der Waals surface area contributed by atoms with E-state index >= 15 is 0 Å². The van der Waals surface area contributed by atoms with Crippen LogP contribution in [0.1, 0.15) is 20.3 Å². The summed E-state index contributed by atoms with van der Waals surface area (Å²) >= 11 is 11.8. The van der Waals surface area contributed by atoms with Crippen molar-refractivity contribution in [1.82, 2.24) is 5.32 Å². The summed E-state index contributed by atoms with van der Waals surface area (Å²) in [6.45, 7) is 4.64. The quantitative estimate of drug-likeness (QED) is 0.698. The molecule has 0 saturated carbocycles. The highest BCUT2D eigenvalue weighted by atomic mass is 35.5. The lowest BCUT2D eigenvalue weighted by molar-refractivity contribution is -0.885. The Morgan fingerprint density at radius 3 is 2.36 bits per heavy atom. The van der Waals surface area contributed by atoms with Crippen LogP contribution in [-0.2, 0) is 9.59 Å². The fourth-order valence-electron chi connectivity index (χ4n) is 1.83. The van der Waals surface area contributed by atoms with Crippen molar-refractivity contribution in [3.8, 4) is 0 Å². The minimum absolute atomic E-state index is 0.0650. The third-order valence-electron chi connectivity index (χ3n) is 3.27. The summed E-state index contributed by atoms with van der Waals surface area (Å²) in [6.07, 6.45) is 0.885. The molecule has 122 valence electrons. The zero-order chi connectivity index (χ0) is 16.7. The second kappa shape index (κ2) is 8.98. The summed E-state index contributed by atoms with van der Waals surface area (Å²) in [5, 5.41) is 6.46. The summed E-state index contributed by atoms with van der Waals surface area (Å²) in [7, 11) is 1.81. The van der Waals surface area contributed by atoms with Crippen LogP contribution in [0.25, 0.3) is 0 Å². The van der Waals surface area contributed by atoms with Crippen LogP contribution in [0.4, 0.5) is 5.69 Å². The number of carbonyl (C=O) groups is 2. The SMILES string of the molecule is CCCNC(=O)C[NH+](C)[C@@H](C)C(=O)Nc1cc(Cl)cc(Cl)c1. The van der Waals surface area contributed by atoms with E-state index in [1.807, 2.05) is 6.92 Å². The van der Waals surface area contributed by atoms with Gasteiger partial charge in [0, 0.05) is 22.3 Å². The van der Waals surface area contributed by atoms with Crippen molar-refractivity contribution in [3.63, 3.8) is 0 Å². The predicted octanol–water partition coefficient (Wildman–Crippen LogP) is 1.36. The molecule has 7 heteroatoms. The van der Waals surface area contributed by atoms with Gasteiger partial charge in [0.15, 0.2) is 12.6 Å². The molecule has 3 N–H and O–H groups in total. The van der Waals surface area contributed by atoms with Crippen LogP contribution >= 0.6 is 23.2 Å². The summed E-state index contributed by atoms with van der Waals surface area (Å²) < 4.78 is 0. The second-order valence-electron chi connectivity index (χ2n) is 5.24. The largest absolute Gasteiger partial charge is 0.351 e. The maximum atomic E-state index is 12.2. The predicted molar refractivity (Wildman–Crippen MR) is 89.6 cm³/mol. The summed E-state index contributed by atoms with van der Waals surface area (Å²) in [6, 6.07) is 4.46. The zero-order valence-corrected chi connectivity index (χ0v) is 14.5. The van der Waals surface area contributed by atoms with Crippen LogP contribution in [0.5, 0.6) is 0 Å². The number of quaternary nitrogens is 1. The van der Waals surface area contributed by atoms with Gasteiger partial charge in [-0.15, -0.1) is 0 Å². The average molecular weight is 347 g/mol. The van der Waals surface area contributed by atoms with Gasteiger partial charge in [-0.05, 0) is 31.5 Å². The number of benzene rings is 1. The molecule has 1 aromatic rings. The first-order valence-electron chi connectivity index (χ1n) is 7.19. The van der Waals surface area contributed by atoms with E-state index in [0.29, 0.717) is 22.3 Å². The molecule has 1 rings (SSSR count). The first-order valence-corrected chi connectivity index (χ1v) is 7.95. The summed E-state index contributed by atoms with van der Waals surface area (Å²) in [5.74, 6) is -0.260. The number of hydrogen-bond acceptors (Lipinski definition) is 2. The highest BCUT2D eigenvalue weighted by Crippen LogP contribution is 2.22. The molecule has 22 heavy (non-hydrogen) atoms. The van der Waals surface area contributed by atoms with Crippen molar-refractivity contribution in [2.75, 3.05) is 25.5 Å². The first kappa shape index (κ1) is 18.7. The molecule has 5 nitrogen and oxygen atoms in total. The Bertz CT molecular complexity index is 517. The lowest BCUT2D eigenvalue weighted by atomic mass is 10.2. The number of halogens is 2. The Kier molecular flexibility index (Phi) is 7.65. The minimum atomic E-state index is -0.384. The lowest BCUT2D eigenvalue weighted by Gasteiger charge is -2.20. The molecule has 0 saturated heterocycles. The van der Waals surface area contributed by atoms with Crippen molar-refractivity contribution < 1.29 is 14.5 Å². The lowest BCUT2D eigenvalue weighted by Crippen LogP contribution is -3.15. The molecule has 0 heterocycles. The fraction of sp³-hybridized carbons (Fsp3) is 0.467. The Morgan fingerprint density at radius 2 is 1.82 bits per heavy atom. The van der Waals surface area contributed by atoms with Gasteiger partial charge in [0.2, 0.25) is 0 Å². The van der Waals surface area contributed by atoms with Gasteiger partial charge >= 0.3 is 0 Å². The third kappa shape index (κ3) is 6.22. The van der Waals surface area contributed by atoms with E-state index in [0.717, 1.165) is 11.3 Å². The molecule has 2 atom stereocenters. The van der Waals surface area contributed by atoms with E-state index in [1.54, 1.807) is 32.2 Å². The second-order valence-corrected chi connectivity index (χ2v) is 6.12. The fourth-order valence-corrected chi connectivity index (χ4v) is 2.36. The normalized spacial score (nSPS) is 13.3. The molecule has 0 aliphatic rings. The Balaban J connectivity index is 2.58. The summed E-state index contributed by atoms with van der Waals surface area (Å²) in [4.78, 5) is 24.7. The maximum Gasteiger partial charge on any atom is 0.282 e. The van der Waals surface area contributed by atoms with Gasteiger partial charge in [0.05, 0.1) is 7.05 Å². The Labute approximate surface area is 141 Å². The van der Waals surface area contributed by atoms with Gasteiger partial charge in [0.1, 0.15) is 0 Å². The van der Waals surface area contributed by atoms with Crippen LogP contribution in [-0.4, -0.2) is 38.0 Å².